The Bertz CT molecular complexity index is 177. The molecule has 0 aromatic rings. The molecule has 4 nitrogen and oxygen atoms in total. The number of carbonyl (C=O) groups is 1. The summed E-state index contributed by atoms with van der Waals surface area (Å²) < 4.78 is 4.78. The van der Waals surface area contributed by atoms with Crippen LogP contribution in [-0.2, 0) is 4.74 Å². The topological polar surface area (TPSA) is 50.4 Å². The average molecular weight is 200 g/mol. The molecule has 4 heteroatoms. The Morgan fingerprint density at radius 2 is 2.36 bits per heavy atom. The van der Waals surface area contributed by atoms with Gasteiger partial charge in [-0.2, -0.15) is 0 Å². The number of rotatable bonds is 3. The van der Waals surface area contributed by atoms with Crippen LogP contribution >= 0.6 is 0 Å². The Hall–Kier alpha value is -0.770. The van der Waals surface area contributed by atoms with Crippen molar-refractivity contribution in [3.63, 3.8) is 0 Å². The van der Waals surface area contributed by atoms with Crippen molar-refractivity contribution < 1.29 is 9.53 Å². The average Bonchev–Trinajstić information content (AvgIpc) is 2.17. The number of piperidine rings is 1. The van der Waals surface area contributed by atoms with Crippen LogP contribution in [0, 0.1) is 5.92 Å². The van der Waals surface area contributed by atoms with Crippen LogP contribution < -0.4 is 10.6 Å². The van der Waals surface area contributed by atoms with E-state index in [0.717, 1.165) is 13.1 Å². The van der Waals surface area contributed by atoms with Gasteiger partial charge in [0, 0.05) is 12.6 Å². The van der Waals surface area contributed by atoms with E-state index in [4.69, 9.17) is 4.74 Å². The minimum absolute atomic E-state index is 0.300. The summed E-state index contributed by atoms with van der Waals surface area (Å²) in [5.74, 6) is 0.551. The van der Waals surface area contributed by atoms with Gasteiger partial charge < -0.3 is 15.4 Å². The van der Waals surface area contributed by atoms with Crippen LogP contribution in [0.25, 0.3) is 0 Å². The van der Waals surface area contributed by atoms with Gasteiger partial charge in [0.2, 0.25) is 0 Å². The van der Waals surface area contributed by atoms with Crippen LogP contribution in [0.2, 0.25) is 0 Å². The molecular weight excluding hydrogens is 180 g/mol. The van der Waals surface area contributed by atoms with E-state index in [-0.39, 0.29) is 6.09 Å². The fourth-order valence-electron chi connectivity index (χ4n) is 1.64. The summed E-state index contributed by atoms with van der Waals surface area (Å²) in [5, 5.41) is 6.16. The second-order valence-electron chi connectivity index (χ2n) is 3.85. The molecule has 1 aliphatic rings. The van der Waals surface area contributed by atoms with Crippen molar-refractivity contribution in [2.24, 2.45) is 5.92 Å². The molecule has 82 valence electrons. The number of nitrogens with one attached hydrogen (secondary N) is 2. The van der Waals surface area contributed by atoms with E-state index >= 15 is 0 Å². The monoisotopic (exact) mass is 200 g/mol. The van der Waals surface area contributed by atoms with Crippen molar-refractivity contribution >= 4 is 6.09 Å². The molecule has 1 fully saturated rings. The Kier molecular flexibility index (Phi) is 4.73. The van der Waals surface area contributed by atoms with Gasteiger partial charge in [-0.3, -0.25) is 0 Å². The molecule has 0 aliphatic carbocycles. The second-order valence-corrected chi connectivity index (χ2v) is 3.85. The molecule has 0 radical (unpaired) electrons. The van der Waals surface area contributed by atoms with Crippen LogP contribution in [0.15, 0.2) is 0 Å². The molecule has 1 rings (SSSR count). The second kappa shape index (κ2) is 5.86. The van der Waals surface area contributed by atoms with E-state index in [2.05, 4.69) is 17.6 Å². The number of alkyl carbamates (subject to hydrolysis) is 1. The maximum Gasteiger partial charge on any atom is 0.407 e. The zero-order valence-corrected chi connectivity index (χ0v) is 9.01. The van der Waals surface area contributed by atoms with E-state index in [9.17, 15) is 4.79 Å². The summed E-state index contributed by atoms with van der Waals surface area (Å²) in [4.78, 5) is 11.0. The van der Waals surface area contributed by atoms with Crippen molar-refractivity contribution in [3.05, 3.63) is 0 Å². The van der Waals surface area contributed by atoms with E-state index < -0.39 is 0 Å². The third kappa shape index (κ3) is 3.96. The lowest BCUT2D eigenvalue weighted by atomic mass is 9.95. The first-order chi connectivity index (χ1) is 6.72. The number of hydrogen-bond donors (Lipinski definition) is 2. The Balaban J connectivity index is 2.09. The van der Waals surface area contributed by atoms with E-state index in [1.54, 1.807) is 0 Å². The molecule has 2 unspecified atom stereocenters. The third-order valence-electron chi connectivity index (χ3n) is 2.57. The molecule has 0 spiro atoms. The van der Waals surface area contributed by atoms with Crippen LogP contribution in [-0.4, -0.2) is 31.8 Å². The van der Waals surface area contributed by atoms with Crippen molar-refractivity contribution in [1.29, 1.82) is 0 Å². The molecule has 0 bridgehead atoms. The summed E-state index contributed by atoms with van der Waals surface area (Å²) in [6.45, 7) is 6.15. The largest absolute Gasteiger partial charge is 0.450 e. The quantitative estimate of drug-likeness (QED) is 0.717. The molecule has 1 heterocycles. The lowest BCUT2D eigenvalue weighted by molar-refractivity contribution is 0.149. The fraction of sp³-hybridized carbons (Fsp3) is 0.900. The lowest BCUT2D eigenvalue weighted by Crippen LogP contribution is -2.42. The number of amides is 1. The van der Waals surface area contributed by atoms with Crippen molar-refractivity contribution in [2.75, 3.05) is 19.7 Å². The van der Waals surface area contributed by atoms with Gasteiger partial charge in [0.25, 0.3) is 0 Å². The first kappa shape index (κ1) is 11.3. The highest BCUT2D eigenvalue weighted by Crippen LogP contribution is 2.12. The fourth-order valence-corrected chi connectivity index (χ4v) is 1.64. The predicted molar refractivity (Wildman–Crippen MR) is 55.2 cm³/mol. The molecule has 1 saturated heterocycles. The SMILES string of the molecule is CCOC(=O)NCC1CCC(C)NC1. The molecule has 1 aliphatic heterocycles. The Morgan fingerprint density at radius 3 is 2.93 bits per heavy atom. The van der Waals surface area contributed by atoms with Crippen LogP contribution in [0.4, 0.5) is 4.79 Å². The highest BCUT2D eigenvalue weighted by molar-refractivity contribution is 5.66. The van der Waals surface area contributed by atoms with Gasteiger partial charge in [-0.25, -0.2) is 4.79 Å². The van der Waals surface area contributed by atoms with Gasteiger partial charge >= 0.3 is 6.09 Å². The number of hydrogen-bond acceptors (Lipinski definition) is 3. The van der Waals surface area contributed by atoms with Gasteiger partial charge in [-0.15, -0.1) is 0 Å². The standard InChI is InChI=1S/C10H20N2O2/c1-3-14-10(13)12-7-9-5-4-8(2)11-6-9/h8-9,11H,3-7H2,1-2H3,(H,12,13). The Morgan fingerprint density at radius 1 is 1.57 bits per heavy atom. The molecule has 0 aromatic heterocycles. The minimum atomic E-state index is -0.300. The normalized spacial score (nSPS) is 27.0. The summed E-state index contributed by atoms with van der Waals surface area (Å²) >= 11 is 0. The highest BCUT2D eigenvalue weighted by Gasteiger charge is 2.17. The molecule has 1 amide bonds. The van der Waals surface area contributed by atoms with Gasteiger partial charge in [-0.05, 0) is 39.2 Å². The van der Waals surface area contributed by atoms with Gasteiger partial charge in [-0.1, -0.05) is 0 Å². The van der Waals surface area contributed by atoms with Crippen LogP contribution in [0.5, 0.6) is 0 Å². The summed E-state index contributed by atoms with van der Waals surface area (Å²) in [5.41, 5.74) is 0. The lowest BCUT2D eigenvalue weighted by Gasteiger charge is -2.27. The zero-order chi connectivity index (χ0) is 10.4. The van der Waals surface area contributed by atoms with Crippen LogP contribution in [0.1, 0.15) is 26.7 Å². The van der Waals surface area contributed by atoms with Gasteiger partial charge in [0.15, 0.2) is 0 Å². The van der Waals surface area contributed by atoms with E-state index in [1.165, 1.54) is 12.8 Å². The third-order valence-corrected chi connectivity index (χ3v) is 2.57. The van der Waals surface area contributed by atoms with Gasteiger partial charge in [0.05, 0.1) is 6.61 Å². The van der Waals surface area contributed by atoms with Crippen molar-refractivity contribution in [1.82, 2.24) is 10.6 Å². The maximum absolute atomic E-state index is 11.0. The molecule has 0 aromatic carbocycles. The zero-order valence-electron chi connectivity index (χ0n) is 9.01. The first-order valence-electron chi connectivity index (χ1n) is 5.36. The van der Waals surface area contributed by atoms with E-state index in [1.807, 2.05) is 6.92 Å². The Labute approximate surface area is 85.4 Å². The highest BCUT2D eigenvalue weighted by atomic mass is 16.5. The first-order valence-corrected chi connectivity index (χ1v) is 5.36. The molecule has 14 heavy (non-hydrogen) atoms. The predicted octanol–water partition coefficient (Wildman–Crippen LogP) is 1.12. The number of carbonyl (C=O) groups excluding carboxylic acids is 1. The molecule has 2 N–H and O–H groups in total. The summed E-state index contributed by atoms with van der Waals surface area (Å²) in [6.07, 6.45) is 2.07. The van der Waals surface area contributed by atoms with E-state index in [0.29, 0.717) is 18.6 Å². The molecule has 0 saturated carbocycles. The smallest absolute Gasteiger partial charge is 0.407 e. The summed E-state index contributed by atoms with van der Waals surface area (Å²) in [7, 11) is 0. The molecule has 2 atom stereocenters. The van der Waals surface area contributed by atoms with Crippen LogP contribution in [0.3, 0.4) is 0 Å². The summed E-state index contributed by atoms with van der Waals surface area (Å²) in [6, 6.07) is 0.619. The molecular formula is C10H20N2O2. The maximum atomic E-state index is 11.0. The van der Waals surface area contributed by atoms with Crippen molar-refractivity contribution in [2.45, 2.75) is 32.7 Å². The van der Waals surface area contributed by atoms with Gasteiger partial charge in [0.1, 0.15) is 0 Å². The minimum Gasteiger partial charge on any atom is -0.450 e. The number of ether oxygens (including phenoxy) is 1. The van der Waals surface area contributed by atoms with Crippen molar-refractivity contribution in [3.8, 4) is 0 Å².